The van der Waals surface area contributed by atoms with Gasteiger partial charge >= 0.3 is 5.97 Å². The van der Waals surface area contributed by atoms with Crippen molar-refractivity contribution in [3.05, 3.63) is 94.8 Å². The SMILES string of the molecule is O=C1C(Br)=CC(=CC(c2cc(Br)c(O)c(Br)c2)c2ccccc2C(=O)O)C=C1Br. The van der Waals surface area contributed by atoms with Gasteiger partial charge in [0.05, 0.1) is 23.5 Å². The zero-order valence-electron chi connectivity index (χ0n) is 14.5. The molecule has 0 aromatic heterocycles. The van der Waals surface area contributed by atoms with Crippen LogP contribution in [0.25, 0.3) is 0 Å². The first-order chi connectivity index (χ1) is 13.7. The first-order valence-corrected chi connectivity index (χ1v) is 11.4. The number of allylic oxidation sites excluding steroid dienone is 6. The number of Topliss-reactive ketones (excluding diaryl/α,β-unsaturated/α-hetero) is 1. The quantitative estimate of drug-likeness (QED) is 0.382. The molecular formula is C21H12Br4O4. The highest BCUT2D eigenvalue weighted by Crippen LogP contribution is 2.39. The first-order valence-electron chi connectivity index (χ1n) is 8.20. The Labute approximate surface area is 200 Å². The van der Waals surface area contributed by atoms with Crippen molar-refractivity contribution >= 4 is 75.5 Å². The highest BCUT2D eigenvalue weighted by Gasteiger charge is 2.23. The van der Waals surface area contributed by atoms with Gasteiger partial charge in [0, 0.05) is 5.92 Å². The molecule has 1 aliphatic rings. The van der Waals surface area contributed by atoms with E-state index in [1.54, 1.807) is 48.6 Å². The van der Waals surface area contributed by atoms with Crippen LogP contribution < -0.4 is 0 Å². The zero-order valence-corrected chi connectivity index (χ0v) is 20.8. The summed E-state index contributed by atoms with van der Waals surface area (Å²) in [6.07, 6.45) is 5.25. The third kappa shape index (κ3) is 4.82. The van der Waals surface area contributed by atoms with Gasteiger partial charge in [0.15, 0.2) is 0 Å². The Morgan fingerprint density at radius 3 is 2.07 bits per heavy atom. The van der Waals surface area contributed by atoms with Crippen LogP contribution in [0.5, 0.6) is 5.75 Å². The number of carboxylic acids is 1. The number of ketones is 1. The predicted molar refractivity (Wildman–Crippen MR) is 126 cm³/mol. The maximum Gasteiger partial charge on any atom is 0.335 e. The maximum absolute atomic E-state index is 12.0. The van der Waals surface area contributed by atoms with Crippen LogP contribution in [-0.4, -0.2) is 22.0 Å². The van der Waals surface area contributed by atoms with Gasteiger partial charge in [0.1, 0.15) is 5.75 Å². The summed E-state index contributed by atoms with van der Waals surface area (Å²) in [5.74, 6) is -1.60. The molecule has 1 atom stereocenters. The highest BCUT2D eigenvalue weighted by atomic mass is 79.9. The lowest BCUT2D eigenvalue weighted by Gasteiger charge is -2.19. The van der Waals surface area contributed by atoms with Crippen LogP contribution in [0.2, 0.25) is 0 Å². The molecule has 2 aromatic carbocycles. The number of carboxylic acid groups (broad SMARTS) is 1. The molecule has 3 rings (SSSR count). The van der Waals surface area contributed by atoms with E-state index in [9.17, 15) is 19.8 Å². The average Bonchev–Trinajstić information content (AvgIpc) is 2.68. The van der Waals surface area contributed by atoms with Gasteiger partial charge in [0.25, 0.3) is 0 Å². The summed E-state index contributed by atoms with van der Waals surface area (Å²) in [5.41, 5.74) is 2.25. The number of phenols is 1. The lowest BCUT2D eigenvalue weighted by Crippen LogP contribution is -2.09. The fraction of sp³-hybridized carbons (Fsp3) is 0.0476. The third-order valence-electron chi connectivity index (χ3n) is 4.30. The van der Waals surface area contributed by atoms with Gasteiger partial charge < -0.3 is 10.2 Å². The van der Waals surface area contributed by atoms with Crippen LogP contribution in [0, 0.1) is 0 Å². The Balaban J connectivity index is 2.26. The Bertz CT molecular complexity index is 1070. The Hall–Kier alpha value is -1.48. The van der Waals surface area contributed by atoms with Gasteiger partial charge in [-0.25, -0.2) is 4.79 Å². The molecule has 0 radical (unpaired) electrons. The van der Waals surface area contributed by atoms with Gasteiger partial charge in [-0.05, 0) is 111 Å². The largest absolute Gasteiger partial charge is 0.506 e. The van der Waals surface area contributed by atoms with Gasteiger partial charge in [-0.3, -0.25) is 4.79 Å². The lowest BCUT2D eigenvalue weighted by molar-refractivity contribution is -0.110. The maximum atomic E-state index is 12.0. The normalized spacial score (nSPS) is 14.9. The van der Waals surface area contributed by atoms with Crippen LogP contribution in [0.4, 0.5) is 0 Å². The summed E-state index contributed by atoms with van der Waals surface area (Å²) in [6, 6.07) is 10.2. The summed E-state index contributed by atoms with van der Waals surface area (Å²) >= 11 is 13.2. The molecule has 4 nitrogen and oxygen atoms in total. The van der Waals surface area contributed by atoms with Gasteiger partial charge in [-0.15, -0.1) is 0 Å². The molecule has 1 aliphatic carbocycles. The number of rotatable bonds is 4. The minimum Gasteiger partial charge on any atom is -0.506 e. The van der Waals surface area contributed by atoms with E-state index in [1.807, 2.05) is 6.08 Å². The van der Waals surface area contributed by atoms with Crippen LogP contribution in [0.1, 0.15) is 27.4 Å². The van der Waals surface area contributed by atoms with E-state index < -0.39 is 11.9 Å². The summed E-state index contributed by atoms with van der Waals surface area (Å²) in [5, 5.41) is 19.8. The van der Waals surface area contributed by atoms with Crippen molar-refractivity contribution in [2.75, 3.05) is 0 Å². The number of aromatic carboxylic acids is 1. The summed E-state index contributed by atoms with van der Waals surface area (Å²) in [7, 11) is 0. The number of aromatic hydroxyl groups is 1. The molecule has 0 heterocycles. The van der Waals surface area contributed by atoms with Gasteiger partial charge in [0.2, 0.25) is 5.78 Å². The van der Waals surface area contributed by atoms with E-state index in [0.29, 0.717) is 23.5 Å². The number of halogens is 4. The van der Waals surface area contributed by atoms with E-state index in [4.69, 9.17) is 0 Å². The molecule has 148 valence electrons. The Morgan fingerprint density at radius 2 is 1.52 bits per heavy atom. The minimum atomic E-state index is -1.03. The van der Waals surface area contributed by atoms with E-state index in [1.165, 1.54) is 0 Å². The van der Waals surface area contributed by atoms with E-state index >= 15 is 0 Å². The molecule has 0 bridgehead atoms. The second-order valence-corrected chi connectivity index (χ2v) is 9.60. The van der Waals surface area contributed by atoms with Crippen molar-refractivity contribution in [1.29, 1.82) is 0 Å². The molecule has 0 saturated carbocycles. The third-order valence-corrected chi connectivity index (χ3v) is 6.69. The smallest absolute Gasteiger partial charge is 0.335 e. The van der Waals surface area contributed by atoms with Crippen molar-refractivity contribution in [2.24, 2.45) is 0 Å². The summed E-state index contributed by atoms with van der Waals surface area (Å²) in [4.78, 5) is 23.8. The Kier molecular flexibility index (Phi) is 6.98. The average molecular weight is 648 g/mol. The van der Waals surface area contributed by atoms with Crippen molar-refractivity contribution in [3.8, 4) is 5.75 Å². The van der Waals surface area contributed by atoms with E-state index in [0.717, 1.165) is 11.1 Å². The first kappa shape index (κ1) is 22.2. The standard InChI is InChI=1S/C21H12Br4O4/c22-15-6-10(7-16(23)19(15)26)5-14(11-8-17(24)20(27)18(25)9-11)12-3-1-2-4-13(12)21(28)29/h1-9,14,27H,(H,28,29). The van der Waals surface area contributed by atoms with Crippen LogP contribution in [0.15, 0.2) is 78.1 Å². The molecule has 0 saturated heterocycles. The molecular weight excluding hydrogens is 636 g/mol. The van der Waals surface area contributed by atoms with E-state index in [-0.39, 0.29) is 17.1 Å². The van der Waals surface area contributed by atoms with Crippen LogP contribution in [0.3, 0.4) is 0 Å². The number of phenolic OH excluding ortho intramolecular Hbond substituents is 1. The fourth-order valence-electron chi connectivity index (χ4n) is 2.96. The topological polar surface area (TPSA) is 74.6 Å². The van der Waals surface area contributed by atoms with Crippen molar-refractivity contribution in [1.82, 2.24) is 0 Å². The molecule has 1 unspecified atom stereocenters. The number of hydrogen-bond donors (Lipinski definition) is 2. The van der Waals surface area contributed by atoms with E-state index in [2.05, 4.69) is 63.7 Å². The molecule has 0 spiro atoms. The minimum absolute atomic E-state index is 0.0558. The molecule has 29 heavy (non-hydrogen) atoms. The Morgan fingerprint density at radius 1 is 0.966 bits per heavy atom. The van der Waals surface area contributed by atoms with Gasteiger partial charge in [-0.2, -0.15) is 0 Å². The molecule has 0 fully saturated rings. The van der Waals surface area contributed by atoms with Crippen LogP contribution >= 0.6 is 63.7 Å². The molecule has 8 heteroatoms. The second-order valence-electron chi connectivity index (χ2n) is 6.18. The lowest BCUT2D eigenvalue weighted by atomic mass is 9.86. The molecule has 0 aliphatic heterocycles. The number of hydrogen-bond acceptors (Lipinski definition) is 3. The van der Waals surface area contributed by atoms with Crippen molar-refractivity contribution in [3.63, 3.8) is 0 Å². The van der Waals surface area contributed by atoms with Crippen LogP contribution in [-0.2, 0) is 4.79 Å². The van der Waals surface area contributed by atoms with Gasteiger partial charge in [-0.1, -0.05) is 24.3 Å². The number of benzene rings is 2. The fourth-order valence-corrected chi connectivity index (χ4v) is 5.41. The number of carbonyl (C=O) groups excluding carboxylic acids is 1. The molecule has 0 amide bonds. The molecule has 2 N–H and O–H groups in total. The number of carbonyl (C=O) groups is 2. The highest BCUT2D eigenvalue weighted by molar-refractivity contribution is 9.13. The monoisotopic (exact) mass is 644 g/mol. The second kappa shape index (κ2) is 9.12. The summed E-state index contributed by atoms with van der Waals surface area (Å²) in [6.45, 7) is 0. The summed E-state index contributed by atoms with van der Waals surface area (Å²) < 4.78 is 1.75. The zero-order chi connectivity index (χ0) is 21.3. The molecule has 2 aromatic rings. The van der Waals surface area contributed by atoms with Crippen molar-refractivity contribution < 1.29 is 19.8 Å². The predicted octanol–water partition coefficient (Wildman–Crippen LogP) is 6.81. The van der Waals surface area contributed by atoms with Crippen molar-refractivity contribution in [2.45, 2.75) is 5.92 Å².